The van der Waals surface area contributed by atoms with E-state index < -0.39 is 6.10 Å². The Morgan fingerprint density at radius 3 is 1.86 bits per heavy atom. The summed E-state index contributed by atoms with van der Waals surface area (Å²) in [5, 5.41) is 9.44. The fourth-order valence-electron chi connectivity index (χ4n) is 1.35. The summed E-state index contributed by atoms with van der Waals surface area (Å²) < 4.78 is 10.4. The van der Waals surface area contributed by atoms with Crippen LogP contribution in [0.15, 0.2) is 12.1 Å². The van der Waals surface area contributed by atoms with Crippen LogP contribution in [0.2, 0.25) is 0 Å². The maximum absolute atomic E-state index is 9.44. The molecule has 1 aromatic carbocycles. The van der Waals surface area contributed by atoms with E-state index in [0.717, 1.165) is 22.6 Å². The maximum atomic E-state index is 9.44. The summed E-state index contributed by atoms with van der Waals surface area (Å²) >= 11 is 0. The van der Waals surface area contributed by atoms with Crippen molar-refractivity contribution >= 4 is 0 Å². The molecule has 1 unspecified atom stereocenters. The van der Waals surface area contributed by atoms with Gasteiger partial charge >= 0.3 is 0 Å². The summed E-state index contributed by atoms with van der Waals surface area (Å²) in [6.45, 7) is 3.63. The summed E-state index contributed by atoms with van der Waals surface area (Å²) in [4.78, 5) is 0. The predicted octanol–water partition coefficient (Wildman–Crippen LogP) is 2.07. The molecule has 3 nitrogen and oxygen atoms in total. The van der Waals surface area contributed by atoms with Gasteiger partial charge in [-0.15, -0.1) is 0 Å². The third kappa shape index (κ3) is 1.99. The molecule has 1 rings (SSSR count). The molecule has 0 saturated heterocycles. The quantitative estimate of drug-likeness (QED) is 0.804. The number of benzene rings is 1. The van der Waals surface area contributed by atoms with E-state index in [-0.39, 0.29) is 0 Å². The minimum Gasteiger partial charge on any atom is -0.496 e. The zero-order valence-electron chi connectivity index (χ0n) is 9.00. The number of hydrogen-bond donors (Lipinski definition) is 1. The van der Waals surface area contributed by atoms with E-state index in [1.165, 1.54) is 0 Å². The Bertz CT molecular complexity index is 293. The fraction of sp³-hybridized carbons (Fsp3) is 0.455. The molecule has 1 N–H and O–H groups in total. The lowest BCUT2D eigenvalue weighted by atomic mass is 10.1. The van der Waals surface area contributed by atoms with Crippen LogP contribution in [-0.4, -0.2) is 19.3 Å². The standard InChI is InChI=1S/C11H16O3/c1-7-10(13-3)5-9(8(2)12)6-11(7)14-4/h5-6,8,12H,1-4H3. The largest absolute Gasteiger partial charge is 0.496 e. The SMILES string of the molecule is COc1cc(C(C)O)cc(OC)c1C. The summed E-state index contributed by atoms with van der Waals surface area (Å²) in [5.74, 6) is 1.47. The minimum atomic E-state index is -0.515. The molecule has 0 aliphatic rings. The third-order valence-electron chi connectivity index (χ3n) is 2.26. The molecule has 1 atom stereocenters. The van der Waals surface area contributed by atoms with Crippen molar-refractivity contribution in [3.05, 3.63) is 23.3 Å². The molecule has 14 heavy (non-hydrogen) atoms. The number of hydrogen-bond acceptors (Lipinski definition) is 3. The van der Waals surface area contributed by atoms with Crippen molar-refractivity contribution in [2.24, 2.45) is 0 Å². The second kappa shape index (κ2) is 4.33. The molecule has 0 fully saturated rings. The molecule has 0 heterocycles. The van der Waals surface area contributed by atoms with Gasteiger partial charge in [0.1, 0.15) is 11.5 Å². The smallest absolute Gasteiger partial charge is 0.125 e. The summed E-state index contributed by atoms with van der Waals surface area (Å²) in [6, 6.07) is 3.64. The van der Waals surface area contributed by atoms with Crippen molar-refractivity contribution in [3.63, 3.8) is 0 Å². The maximum Gasteiger partial charge on any atom is 0.125 e. The van der Waals surface area contributed by atoms with Crippen LogP contribution in [0.1, 0.15) is 24.2 Å². The van der Waals surface area contributed by atoms with Crippen LogP contribution < -0.4 is 9.47 Å². The first-order valence-electron chi connectivity index (χ1n) is 4.50. The Morgan fingerprint density at radius 2 is 1.57 bits per heavy atom. The van der Waals surface area contributed by atoms with Crippen molar-refractivity contribution < 1.29 is 14.6 Å². The van der Waals surface area contributed by atoms with Crippen molar-refractivity contribution in [1.82, 2.24) is 0 Å². The highest BCUT2D eigenvalue weighted by Gasteiger charge is 2.10. The molecule has 3 heteroatoms. The molecule has 0 bridgehead atoms. The van der Waals surface area contributed by atoms with Gasteiger partial charge in [0, 0.05) is 5.56 Å². The number of aliphatic hydroxyl groups excluding tert-OH is 1. The van der Waals surface area contributed by atoms with E-state index in [2.05, 4.69) is 0 Å². The van der Waals surface area contributed by atoms with Gasteiger partial charge in [-0.3, -0.25) is 0 Å². The van der Waals surface area contributed by atoms with Gasteiger partial charge in [0.05, 0.1) is 20.3 Å². The highest BCUT2D eigenvalue weighted by atomic mass is 16.5. The first kappa shape index (κ1) is 10.9. The molecule has 0 aliphatic carbocycles. The molecule has 0 saturated carbocycles. The number of ether oxygens (including phenoxy) is 2. The van der Waals surface area contributed by atoms with E-state index in [9.17, 15) is 5.11 Å². The van der Waals surface area contributed by atoms with Gasteiger partial charge in [-0.2, -0.15) is 0 Å². The number of aliphatic hydroxyl groups is 1. The molecule has 0 spiro atoms. The Hall–Kier alpha value is -1.22. The van der Waals surface area contributed by atoms with Gasteiger partial charge < -0.3 is 14.6 Å². The summed E-state index contributed by atoms with van der Waals surface area (Å²) in [6.07, 6.45) is -0.515. The average Bonchev–Trinajstić information content (AvgIpc) is 2.17. The molecule has 1 aromatic rings. The molecular formula is C11H16O3. The second-order valence-electron chi connectivity index (χ2n) is 3.23. The van der Waals surface area contributed by atoms with Crippen molar-refractivity contribution in [1.29, 1.82) is 0 Å². The van der Waals surface area contributed by atoms with Crippen molar-refractivity contribution in [2.45, 2.75) is 20.0 Å². The Balaban J connectivity index is 3.25. The van der Waals surface area contributed by atoms with E-state index >= 15 is 0 Å². The minimum absolute atomic E-state index is 0.515. The number of methoxy groups -OCH3 is 2. The average molecular weight is 196 g/mol. The molecule has 0 amide bonds. The van der Waals surface area contributed by atoms with Gasteiger partial charge in [-0.1, -0.05) is 0 Å². The lowest BCUT2D eigenvalue weighted by Gasteiger charge is -2.13. The van der Waals surface area contributed by atoms with Gasteiger partial charge in [0.25, 0.3) is 0 Å². The lowest BCUT2D eigenvalue weighted by molar-refractivity contribution is 0.198. The van der Waals surface area contributed by atoms with Gasteiger partial charge in [0.15, 0.2) is 0 Å². The third-order valence-corrected chi connectivity index (χ3v) is 2.26. The van der Waals surface area contributed by atoms with Crippen LogP contribution in [0.5, 0.6) is 11.5 Å². The molecule has 78 valence electrons. The molecule has 0 radical (unpaired) electrons. The predicted molar refractivity (Wildman–Crippen MR) is 54.9 cm³/mol. The van der Waals surface area contributed by atoms with E-state index in [1.807, 2.05) is 19.1 Å². The highest BCUT2D eigenvalue weighted by molar-refractivity contribution is 5.47. The zero-order chi connectivity index (χ0) is 10.7. The first-order valence-corrected chi connectivity index (χ1v) is 4.50. The Kier molecular flexibility index (Phi) is 3.36. The van der Waals surface area contributed by atoms with Crippen LogP contribution >= 0.6 is 0 Å². The zero-order valence-corrected chi connectivity index (χ0v) is 9.00. The second-order valence-corrected chi connectivity index (χ2v) is 3.23. The topological polar surface area (TPSA) is 38.7 Å². The van der Waals surface area contributed by atoms with Crippen molar-refractivity contribution in [3.8, 4) is 11.5 Å². The molecule has 0 aromatic heterocycles. The Labute approximate surface area is 84.3 Å². The van der Waals surface area contributed by atoms with Crippen LogP contribution in [0.25, 0.3) is 0 Å². The lowest BCUT2D eigenvalue weighted by Crippen LogP contribution is -1.97. The fourth-order valence-corrected chi connectivity index (χ4v) is 1.35. The van der Waals surface area contributed by atoms with Gasteiger partial charge in [-0.05, 0) is 31.5 Å². The van der Waals surface area contributed by atoms with E-state index in [0.29, 0.717) is 0 Å². The monoisotopic (exact) mass is 196 g/mol. The van der Waals surface area contributed by atoms with Crippen LogP contribution in [0.3, 0.4) is 0 Å². The van der Waals surface area contributed by atoms with Crippen LogP contribution in [0, 0.1) is 6.92 Å². The summed E-state index contributed by atoms with van der Waals surface area (Å²) in [7, 11) is 3.21. The first-order chi connectivity index (χ1) is 6.60. The van der Waals surface area contributed by atoms with Crippen molar-refractivity contribution in [2.75, 3.05) is 14.2 Å². The summed E-state index contributed by atoms with van der Waals surface area (Å²) in [5.41, 5.74) is 1.74. The molecular weight excluding hydrogens is 180 g/mol. The number of rotatable bonds is 3. The molecule has 0 aliphatic heterocycles. The van der Waals surface area contributed by atoms with E-state index in [4.69, 9.17) is 9.47 Å². The van der Waals surface area contributed by atoms with Crippen LogP contribution in [-0.2, 0) is 0 Å². The normalized spacial score (nSPS) is 12.4. The van der Waals surface area contributed by atoms with Crippen LogP contribution in [0.4, 0.5) is 0 Å². The van der Waals surface area contributed by atoms with Gasteiger partial charge in [-0.25, -0.2) is 0 Å². The Morgan fingerprint density at radius 1 is 1.14 bits per heavy atom. The highest BCUT2D eigenvalue weighted by Crippen LogP contribution is 2.31. The van der Waals surface area contributed by atoms with Gasteiger partial charge in [0.2, 0.25) is 0 Å². The van der Waals surface area contributed by atoms with E-state index in [1.54, 1.807) is 21.1 Å².